The molecule has 2 heterocycles. The number of hydrogen-bond donors (Lipinski definition) is 1. The summed E-state index contributed by atoms with van der Waals surface area (Å²) in [5.74, 6) is 1.22. The molecule has 0 saturated heterocycles. The number of nitrogens with zero attached hydrogens (tertiary/aromatic N) is 4. The van der Waals surface area contributed by atoms with Crippen molar-refractivity contribution < 1.29 is 14.3 Å². The predicted molar refractivity (Wildman–Crippen MR) is 123 cm³/mol. The van der Waals surface area contributed by atoms with E-state index in [2.05, 4.69) is 20.4 Å². The van der Waals surface area contributed by atoms with Crippen molar-refractivity contribution in [1.29, 1.82) is 0 Å². The van der Waals surface area contributed by atoms with Crippen molar-refractivity contribution in [3.63, 3.8) is 0 Å². The zero-order valence-electron chi connectivity index (χ0n) is 16.7. The molecule has 0 bridgehead atoms. The van der Waals surface area contributed by atoms with Gasteiger partial charge >= 0.3 is 0 Å². The molecule has 158 valence electrons. The van der Waals surface area contributed by atoms with Crippen LogP contribution in [0.4, 0.5) is 0 Å². The van der Waals surface area contributed by atoms with Crippen LogP contribution in [0.3, 0.4) is 0 Å². The summed E-state index contributed by atoms with van der Waals surface area (Å²) in [6, 6.07) is 19.9. The number of rotatable bonds is 5. The standard InChI is InChI=1S/C23H15ClN4O3S/c1-30-19-12-17(29)9-10-18(19)21-26-25-20(31-21)13-5-7-14(8-6-13)22-27-28-23(32-22)15-3-2-4-16(24)11-15/h2-12,29H,1H3. The third kappa shape index (κ3) is 3.93. The molecule has 0 saturated carbocycles. The van der Waals surface area contributed by atoms with Crippen molar-refractivity contribution in [2.24, 2.45) is 0 Å². The van der Waals surface area contributed by atoms with Crippen molar-refractivity contribution in [1.82, 2.24) is 20.4 Å². The van der Waals surface area contributed by atoms with Crippen LogP contribution in [0.15, 0.2) is 71.1 Å². The molecule has 0 aliphatic carbocycles. The fourth-order valence-electron chi connectivity index (χ4n) is 3.14. The summed E-state index contributed by atoms with van der Waals surface area (Å²) in [6.45, 7) is 0. The normalized spacial score (nSPS) is 10.9. The number of hydrogen-bond acceptors (Lipinski definition) is 8. The predicted octanol–water partition coefficient (Wildman–Crippen LogP) is 5.96. The second-order valence-electron chi connectivity index (χ2n) is 6.80. The molecule has 7 nitrogen and oxygen atoms in total. The van der Waals surface area contributed by atoms with Crippen LogP contribution in [-0.4, -0.2) is 32.6 Å². The molecule has 5 rings (SSSR count). The molecule has 0 atom stereocenters. The van der Waals surface area contributed by atoms with Gasteiger partial charge in [0.1, 0.15) is 21.5 Å². The summed E-state index contributed by atoms with van der Waals surface area (Å²) in [4.78, 5) is 0. The van der Waals surface area contributed by atoms with Crippen LogP contribution < -0.4 is 4.74 Å². The fraction of sp³-hybridized carbons (Fsp3) is 0.0435. The SMILES string of the molecule is COc1cc(O)ccc1-c1nnc(-c2ccc(-c3nnc(-c4cccc(Cl)c4)s3)cc2)o1. The van der Waals surface area contributed by atoms with E-state index >= 15 is 0 Å². The maximum atomic E-state index is 9.64. The van der Waals surface area contributed by atoms with Crippen LogP contribution in [0.5, 0.6) is 11.5 Å². The van der Waals surface area contributed by atoms with Gasteiger partial charge in [0.25, 0.3) is 5.89 Å². The molecule has 0 amide bonds. The maximum absolute atomic E-state index is 9.64. The Labute approximate surface area is 191 Å². The molecule has 0 radical (unpaired) electrons. The Bertz CT molecular complexity index is 1400. The lowest BCUT2D eigenvalue weighted by atomic mass is 10.1. The van der Waals surface area contributed by atoms with Crippen LogP contribution >= 0.6 is 22.9 Å². The van der Waals surface area contributed by atoms with Crippen LogP contribution in [0.2, 0.25) is 5.02 Å². The van der Waals surface area contributed by atoms with E-state index in [1.165, 1.54) is 30.6 Å². The molecule has 3 aromatic carbocycles. The smallest absolute Gasteiger partial charge is 0.251 e. The number of phenols is 1. The molecule has 0 aliphatic rings. The lowest BCUT2D eigenvalue weighted by molar-refractivity contribution is 0.407. The largest absolute Gasteiger partial charge is 0.508 e. The molecule has 2 aromatic heterocycles. The zero-order chi connectivity index (χ0) is 22.1. The minimum atomic E-state index is 0.0936. The quantitative estimate of drug-likeness (QED) is 0.344. The first-order chi connectivity index (χ1) is 15.6. The van der Waals surface area contributed by atoms with Gasteiger partial charge in [0.2, 0.25) is 5.89 Å². The number of phenolic OH excluding ortho intramolecular Hbond substituents is 1. The first kappa shape index (κ1) is 20.2. The van der Waals surface area contributed by atoms with E-state index in [4.69, 9.17) is 20.8 Å². The lowest BCUT2D eigenvalue weighted by Gasteiger charge is -2.04. The van der Waals surface area contributed by atoms with Crippen molar-refractivity contribution in [2.75, 3.05) is 7.11 Å². The third-order valence-corrected chi connectivity index (χ3v) is 5.97. The van der Waals surface area contributed by atoms with E-state index in [1.54, 1.807) is 6.07 Å². The Hall–Kier alpha value is -3.75. The second kappa shape index (κ2) is 8.41. The molecule has 0 unspecified atom stereocenters. The van der Waals surface area contributed by atoms with Gasteiger partial charge in [-0.15, -0.1) is 20.4 Å². The van der Waals surface area contributed by atoms with E-state index in [9.17, 15) is 5.11 Å². The van der Waals surface area contributed by atoms with Crippen molar-refractivity contribution in [2.45, 2.75) is 0 Å². The van der Waals surface area contributed by atoms with Crippen LogP contribution in [-0.2, 0) is 0 Å². The molecule has 32 heavy (non-hydrogen) atoms. The lowest BCUT2D eigenvalue weighted by Crippen LogP contribution is -1.87. The van der Waals surface area contributed by atoms with Gasteiger partial charge in [-0.3, -0.25) is 0 Å². The zero-order valence-corrected chi connectivity index (χ0v) is 18.3. The molecular formula is C23H15ClN4O3S. The first-order valence-corrected chi connectivity index (χ1v) is 10.7. The van der Waals surface area contributed by atoms with Crippen LogP contribution in [0, 0.1) is 0 Å². The monoisotopic (exact) mass is 462 g/mol. The first-order valence-electron chi connectivity index (χ1n) is 9.52. The highest BCUT2D eigenvalue weighted by Crippen LogP contribution is 2.35. The van der Waals surface area contributed by atoms with Gasteiger partial charge in [0.05, 0.1) is 12.7 Å². The Morgan fingerprint density at radius 3 is 2.28 bits per heavy atom. The fourth-order valence-corrected chi connectivity index (χ4v) is 4.17. The second-order valence-corrected chi connectivity index (χ2v) is 8.21. The highest BCUT2D eigenvalue weighted by atomic mass is 35.5. The van der Waals surface area contributed by atoms with Crippen molar-refractivity contribution in [3.05, 3.63) is 71.8 Å². The minimum absolute atomic E-state index is 0.0936. The number of benzene rings is 3. The van der Waals surface area contributed by atoms with Crippen LogP contribution in [0.25, 0.3) is 44.1 Å². The van der Waals surface area contributed by atoms with Gasteiger partial charge in [-0.25, -0.2) is 0 Å². The van der Waals surface area contributed by atoms with E-state index < -0.39 is 0 Å². The van der Waals surface area contributed by atoms with E-state index in [0.717, 1.165) is 26.7 Å². The van der Waals surface area contributed by atoms with Gasteiger partial charge in [-0.2, -0.15) is 0 Å². The highest BCUT2D eigenvalue weighted by Gasteiger charge is 2.16. The molecule has 0 spiro atoms. The summed E-state index contributed by atoms with van der Waals surface area (Å²) >= 11 is 7.57. The Morgan fingerprint density at radius 2 is 1.53 bits per heavy atom. The molecule has 0 aliphatic heterocycles. The van der Waals surface area contributed by atoms with E-state index in [0.29, 0.717) is 28.1 Å². The Balaban J connectivity index is 1.39. The minimum Gasteiger partial charge on any atom is -0.508 e. The molecule has 9 heteroatoms. The average Bonchev–Trinajstić information content (AvgIpc) is 3.50. The summed E-state index contributed by atoms with van der Waals surface area (Å²) in [5, 5.41) is 28.7. The summed E-state index contributed by atoms with van der Waals surface area (Å²) in [6.07, 6.45) is 0. The Morgan fingerprint density at radius 1 is 0.812 bits per heavy atom. The van der Waals surface area contributed by atoms with Gasteiger partial charge in [0.15, 0.2) is 0 Å². The van der Waals surface area contributed by atoms with Gasteiger partial charge in [-0.1, -0.05) is 47.2 Å². The van der Waals surface area contributed by atoms with Gasteiger partial charge < -0.3 is 14.3 Å². The number of aromatic hydroxyl groups is 1. The maximum Gasteiger partial charge on any atom is 0.251 e. The molecule has 1 N–H and O–H groups in total. The number of ether oxygens (including phenoxy) is 1. The molecular weight excluding hydrogens is 448 g/mol. The summed E-state index contributed by atoms with van der Waals surface area (Å²) in [5.41, 5.74) is 3.23. The van der Waals surface area contributed by atoms with Gasteiger partial charge in [0, 0.05) is 27.8 Å². The molecule has 5 aromatic rings. The third-order valence-electron chi connectivity index (χ3n) is 4.72. The summed E-state index contributed by atoms with van der Waals surface area (Å²) < 4.78 is 11.1. The Kier molecular flexibility index (Phi) is 5.30. The van der Waals surface area contributed by atoms with Crippen LogP contribution in [0.1, 0.15) is 0 Å². The van der Waals surface area contributed by atoms with Crippen molar-refractivity contribution >= 4 is 22.9 Å². The number of halogens is 1. The number of methoxy groups -OCH3 is 1. The number of aromatic nitrogens is 4. The van der Waals surface area contributed by atoms with Gasteiger partial charge in [-0.05, 0) is 36.4 Å². The van der Waals surface area contributed by atoms with E-state index in [1.807, 2.05) is 48.5 Å². The van der Waals surface area contributed by atoms with Crippen molar-refractivity contribution in [3.8, 4) is 55.5 Å². The molecule has 0 fully saturated rings. The average molecular weight is 463 g/mol. The van der Waals surface area contributed by atoms with E-state index in [-0.39, 0.29) is 5.75 Å². The highest BCUT2D eigenvalue weighted by molar-refractivity contribution is 7.17. The topological polar surface area (TPSA) is 94.2 Å². The summed E-state index contributed by atoms with van der Waals surface area (Å²) in [7, 11) is 1.51.